The van der Waals surface area contributed by atoms with Crippen molar-refractivity contribution < 1.29 is 13.2 Å². The molecule has 0 N–H and O–H groups in total. The third-order valence-corrected chi connectivity index (χ3v) is 5.26. The molecule has 5 nitrogen and oxygen atoms in total. The standard InChI is InChI=1S/C15H20N2O3S/c1-13(2)12-15(18)16-8-10-17(11-9-16)21(19,20)14-6-4-3-5-7-14/h3-7,12H,8-11H2,1-2H3. The molecule has 0 atom stereocenters. The summed E-state index contributed by atoms with van der Waals surface area (Å²) >= 11 is 0. The van der Waals surface area contributed by atoms with Crippen molar-refractivity contribution in [1.82, 2.24) is 9.21 Å². The van der Waals surface area contributed by atoms with Crippen molar-refractivity contribution in [3.8, 4) is 0 Å². The fraction of sp³-hybridized carbons (Fsp3) is 0.400. The van der Waals surface area contributed by atoms with Crippen molar-refractivity contribution in [3.63, 3.8) is 0 Å². The summed E-state index contributed by atoms with van der Waals surface area (Å²) in [5, 5.41) is 0. The van der Waals surface area contributed by atoms with Crippen LogP contribution >= 0.6 is 0 Å². The number of hydrogen-bond acceptors (Lipinski definition) is 3. The largest absolute Gasteiger partial charge is 0.337 e. The number of amides is 1. The van der Waals surface area contributed by atoms with Crippen LogP contribution in [0.15, 0.2) is 46.9 Å². The number of piperazine rings is 1. The van der Waals surface area contributed by atoms with E-state index in [-0.39, 0.29) is 5.91 Å². The van der Waals surface area contributed by atoms with E-state index in [0.717, 1.165) is 5.57 Å². The van der Waals surface area contributed by atoms with E-state index in [1.54, 1.807) is 41.3 Å². The van der Waals surface area contributed by atoms with E-state index in [0.29, 0.717) is 31.1 Å². The Morgan fingerprint density at radius 3 is 2.14 bits per heavy atom. The van der Waals surface area contributed by atoms with E-state index in [9.17, 15) is 13.2 Å². The molecule has 1 aromatic rings. The predicted octanol–water partition coefficient (Wildman–Crippen LogP) is 1.49. The number of rotatable bonds is 3. The first-order valence-electron chi connectivity index (χ1n) is 6.90. The van der Waals surface area contributed by atoms with Crippen molar-refractivity contribution >= 4 is 15.9 Å². The zero-order valence-electron chi connectivity index (χ0n) is 12.3. The van der Waals surface area contributed by atoms with Crippen LogP contribution in [-0.4, -0.2) is 49.7 Å². The summed E-state index contributed by atoms with van der Waals surface area (Å²) in [6, 6.07) is 8.39. The predicted molar refractivity (Wildman–Crippen MR) is 81.2 cm³/mol. The molecular formula is C15H20N2O3S. The van der Waals surface area contributed by atoms with E-state index >= 15 is 0 Å². The van der Waals surface area contributed by atoms with Gasteiger partial charge in [-0.1, -0.05) is 23.8 Å². The molecule has 0 radical (unpaired) electrons. The van der Waals surface area contributed by atoms with Crippen molar-refractivity contribution in [3.05, 3.63) is 42.0 Å². The zero-order valence-corrected chi connectivity index (χ0v) is 13.1. The first-order chi connectivity index (χ1) is 9.91. The van der Waals surface area contributed by atoms with Crippen LogP contribution in [0.2, 0.25) is 0 Å². The SMILES string of the molecule is CC(C)=CC(=O)N1CCN(S(=O)(=O)c2ccccc2)CC1. The lowest BCUT2D eigenvalue weighted by Crippen LogP contribution is -2.50. The van der Waals surface area contributed by atoms with Crippen LogP contribution in [0, 0.1) is 0 Å². The Labute approximate surface area is 125 Å². The molecule has 1 fully saturated rings. The summed E-state index contributed by atoms with van der Waals surface area (Å²) < 4.78 is 26.3. The minimum Gasteiger partial charge on any atom is -0.337 e. The first kappa shape index (κ1) is 15.7. The van der Waals surface area contributed by atoms with Crippen molar-refractivity contribution in [2.45, 2.75) is 18.7 Å². The Hall–Kier alpha value is -1.66. The Morgan fingerprint density at radius 2 is 1.62 bits per heavy atom. The molecule has 0 unspecified atom stereocenters. The van der Waals surface area contributed by atoms with Gasteiger partial charge in [0.25, 0.3) is 0 Å². The van der Waals surface area contributed by atoms with E-state index in [2.05, 4.69) is 0 Å². The van der Waals surface area contributed by atoms with Crippen LogP contribution in [0.3, 0.4) is 0 Å². The van der Waals surface area contributed by atoms with Gasteiger partial charge in [0.1, 0.15) is 0 Å². The Kier molecular flexibility index (Phi) is 4.80. The number of allylic oxidation sites excluding steroid dienone is 1. The minimum atomic E-state index is -3.45. The zero-order chi connectivity index (χ0) is 15.5. The van der Waals surface area contributed by atoms with E-state index in [1.807, 2.05) is 13.8 Å². The summed E-state index contributed by atoms with van der Waals surface area (Å²) in [7, 11) is -3.45. The molecule has 1 amide bonds. The van der Waals surface area contributed by atoms with Crippen LogP contribution < -0.4 is 0 Å². The highest BCUT2D eigenvalue weighted by molar-refractivity contribution is 7.89. The third-order valence-electron chi connectivity index (χ3n) is 3.34. The number of nitrogens with zero attached hydrogens (tertiary/aromatic N) is 2. The lowest BCUT2D eigenvalue weighted by Gasteiger charge is -2.33. The molecule has 0 spiro atoms. The first-order valence-corrected chi connectivity index (χ1v) is 8.34. The highest BCUT2D eigenvalue weighted by Crippen LogP contribution is 2.17. The van der Waals surface area contributed by atoms with E-state index < -0.39 is 10.0 Å². The summed E-state index contributed by atoms with van der Waals surface area (Å²) in [5.74, 6) is -0.0493. The van der Waals surface area contributed by atoms with Gasteiger partial charge >= 0.3 is 0 Å². The lowest BCUT2D eigenvalue weighted by molar-refractivity contribution is -0.127. The molecule has 0 bridgehead atoms. The van der Waals surface area contributed by atoms with Crippen LogP contribution in [0.1, 0.15) is 13.8 Å². The molecule has 114 valence electrons. The maximum atomic E-state index is 12.5. The maximum absolute atomic E-state index is 12.5. The Balaban J connectivity index is 2.05. The average Bonchev–Trinajstić information content (AvgIpc) is 2.47. The Bertz CT molecular complexity index is 626. The second-order valence-corrected chi connectivity index (χ2v) is 7.20. The van der Waals surface area contributed by atoms with E-state index in [4.69, 9.17) is 0 Å². The number of hydrogen-bond donors (Lipinski definition) is 0. The van der Waals surface area contributed by atoms with Crippen molar-refractivity contribution in [1.29, 1.82) is 0 Å². The van der Waals surface area contributed by atoms with Gasteiger partial charge in [-0.15, -0.1) is 0 Å². The molecule has 21 heavy (non-hydrogen) atoms. The smallest absolute Gasteiger partial charge is 0.246 e. The molecule has 0 aliphatic carbocycles. The molecule has 1 saturated heterocycles. The maximum Gasteiger partial charge on any atom is 0.246 e. The summed E-state index contributed by atoms with van der Waals surface area (Å²) in [4.78, 5) is 13.9. The molecule has 0 saturated carbocycles. The van der Waals surface area contributed by atoms with Crippen molar-refractivity contribution in [2.24, 2.45) is 0 Å². The topological polar surface area (TPSA) is 57.7 Å². The molecule has 1 heterocycles. The fourth-order valence-corrected chi connectivity index (χ4v) is 3.67. The van der Waals surface area contributed by atoms with Crippen LogP contribution in [0.4, 0.5) is 0 Å². The highest BCUT2D eigenvalue weighted by Gasteiger charge is 2.29. The highest BCUT2D eigenvalue weighted by atomic mass is 32.2. The van der Waals surface area contributed by atoms with Crippen molar-refractivity contribution in [2.75, 3.05) is 26.2 Å². The van der Waals surface area contributed by atoms with Gasteiger partial charge < -0.3 is 4.90 Å². The summed E-state index contributed by atoms with van der Waals surface area (Å²) in [6.07, 6.45) is 1.58. The fourth-order valence-electron chi connectivity index (χ4n) is 2.23. The van der Waals surface area contributed by atoms with E-state index in [1.165, 1.54) is 4.31 Å². The van der Waals surface area contributed by atoms with Crippen LogP contribution in [0.5, 0.6) is 0 Å². The van der Waals surface area contributed by atoms with Gasteiger partial charge in [0.2, 0.25) is 15.9 Å². The quantitative estimate of drug-likeness (QED) is 0.795. The molecule has 2 rings (SSSR count). The summed E-state index contributed by atoms with van der Waals surface area (Å²) in [6.45, 7) is 5.25. The van der Waals surface area contributed by atoms with Crippen LogP contribution in [-0.2, 0) is 14.8 Å². The van der Waals surface area contributed by atoms with Gasteiger partial charge in [-0.25, -0.2) is 8.42 Å². The van der Waals surface area contributed by atoms with Gasteiger partial charge in [-0.3, -0.25) is 4.79 Å². The molecule has 1 aliphatic rings. The molecular weight excluding hydrogens is 288 g/mol. The minimum absolute atomic E-state index is 0.0493. The number of carbonyl (C=O) groups is 1. The number of benzene rings is 1. The Morgan fingerprint density at radius 1 is 1.05 bits per heavy atom. The second-order valence-electron chi connectivity index (χ2n) is 5.26. The molecule has 0 aromatic heterocycles. The van der Waals surface area contributed by atoms with Gasteiger partial charge in [0, 0.05) is 32.3 Å². The molecule has 1 aliphatic heterocycles. The van der Waals surface area contributed by atoms with Gasteiger partial charge in [-0.05, 0) is 26.0 Å². The van der Waals surface area contributed by atoms with Gasteiger partial charge in [-0.2, -0.15) is 4.31 Å². The third kappa shape index (κ3) is 3.71. The van der Waals surface area contributed by atoms with Gasteiger partial charge in [0.05, 0.1) is 4.90 Å². The lowest BCUT2D eigenvalue weighted by atomic mass is 10.3. The molecule has 1 aromatic carbocycles. The second kappa shape index (κ2) is 6.41. The average molecular weight is 308 g/mol. The van der Waals surface area contributed by atoms with Crippen LogP contribution in [0.25, 0.3) is 0 Å². The summed E-state index contributed by atoms with van der Waals surface area (Å²) in [5.41, 5.74) is 0.944. The monoisotopic (exact) mass is 308 g/mol. The number of sulfonamides is 1. The van der Waals surface area contributed by atoms with Gasteiger partial charge in [0.15, 0.2) is 0 Å². The number of carbonyl (C=O) groups excluding carboxylic acids is 1. The normalized spacial score (nSPS) is 16.6. The molecule has 6 heteroatoms.